The van der Waals surface area contributed by atoms with E-state index in [1.165, 1.54) is 0 Å². The van der Waals surface area contributed by atoms with Gasteiger partial charge in [0.25, 0.3) is 5.91 Å². The monoisotopic (exact) mass is 345 g/mol. The number of Topliss-reactive ketones (excluding diaryl/α,β-unsaturated/α-hetero) is 1. The fourth-order valence-corrected chi connectivity index (χ4v) is 2.91. The number of aromatic nitrogens is 1. The molecule has 25 heavy (non-hydrogen) atoms. The van der Waals surface area contributed by atoms with Crippen LogP contribution in [0.5, 0.6) is 5.75 Å². The van der Waals surface area contributed by atoms with Crippen LogP contribution in [0.15, 0.2) is 24.4 Å². The van der Waals surface area contributed by atoms with Crippen LogP contribution in [0, 0.1) is 0 Å². The topological polar surface area (TPSA) is 83.2 Å². The van der Waals surface area contributed by atoms with Gasteiger partial charge in [0, 0.05) is 23.6 Å². The van der Waals surface area contributed by atoms with E-state index in [0.29, 0.717) is 25.9 Å². The number of carbonyl (C=O) groups is 2. The number of aromatic amines is 1. The highest BCUT2D eigenvalue weighted by molar-refractivity contribution is 6.38. The number of rotatable bonds is 10. The lowest BCUT2D eigenvalue weighted by atomic mass is 10.1. The predicted octanol–water partition coefficient (Wildman–Crippen LogP) is 2.18. The third kappa shape index (κ3) is 4.82. The van der Waals surface area contributed by atoms with Crippen LogP contribution >= 0.6 is 0 Å². The Labute approximate surface area is 148 Å². The second-order valence-corrected chi connectivity index (χ2v) is 5.99. The molecule has 0 radical (unpaired) electrons. The molecular weight excluding hydrogens is 318 g/mol. The lowest BCUT2D eigenvalue weighted by Crippen LogP contribution is -2.45. The Morgan fingerprint density at radius 1 is 1.28 bits per heavy atom. The van der Waals surface area contributed by atoms with Crippen molar-refractivity contribution < 1.29 is 14.3 Å². The second kappa shape index (κ2) is 9.22. The standard InChI is InChI=1S/C19H27N3O3/c1-4-6-17(20-5-2)18(23)19(24)21-10-9-13-12-22-16-8-7-14(25-3)11-15(13)16/h7-8,11-12,17,20,22H,4-6,9-10H2,1-3H3,(H,21,24). The zero-order valence-corrected chi connectivity index (χ0v) is 15.1. The molecule has 0 saturated carbocycles. The first-order chi connectivity index (χ1) is 12.1. The number of nitrogens with one attached hydrogen (secondary N) is 3. The summed E-state index contributed by atoms with van der Waals surface area (Å²) in [5, 5.41) is 6.88. The van der Waals surface area contributed by atoms with Crippen molar-refractivity contribution in [3.05, 3.63) is 30.0 Å². The van der Waals surface area contributed by atoms with Gasteiger partial charge in [0.1, 0.15) is 5.75 Å². The maximum atomic E-state index is 12.2. The molecule has 1 aromatic heterocycles. The number of carbonyl (C=O) groups excluding carboxylic acids is 2. The van der Waals surface area contributed by atoms with E-state index in [-0.39, 0.29) is 5.78 Å². The third-order valence-corrected chi connectivity index (χ3v) is 4.22. The zero-order chi connectivity index (χ0) is 18.2. The van der Waals surface area contributed by atoms with Crippen molar-refractivity contribution in [2.24, 2.45) is 0 Å². The van der Waals surface area contributed by atoms with Gasteiger partial charge in [0.2, 0.25) is 5.78 Å². The van der Waals surface area contributed by atoms with Crippen LogP contribution < -0.4 is 15.4 Å². The third-order valence-electron chi connectivity index (χ3n) is 4.22. The van der Waals surface area contributed by atoms with Crippen molar-refractivity contribution in [2.75, 3.05) is 20.2 Å². The summed E-state index contributed by atoms with van der Waals surface area (Å²) in [6.45, 7) is 5.01. The van der Waals surface area contributed by atoms with Gasteiger partial charge in [-0.25, -0.2) is 0 Å². The van der Waals surface area contributed by atoms with Crippen LogP contribution in [0.25, 0.3) is 10.9 Å². The van der Waals surface area contributed by atoms with Gasteiger partial charge >= 0.3 is 0 Å². The summed E-state index contributed by atoms with van der Waals surface area (Å²) in [6, 6.07) is 5.44. The lowest BCUT2D eigenvalue weighted by Gasteiger charge is -2.15. The highest BCUT2D eigenvalue weighted by Gasteiger charge is 2.23. The van der Waals surface area contributed by atoms with Gasteiger partial charge in [0.15, 0.2) is 0 Å². The van der Waals surface area contributed by atoms with E-state index in [1.54, 1.807) is 7.11 Å². The van der Waals surface area contributed by atoms with Crippen LogP contribution in [-0.4, -0.2) is 42.9 Å². The normalized spacial score (nSPS) is 12.1. The molecule has 0 saturated heterocycles. The molecule has 1 heterocycles. The highest BCUT2D eigenvalue weighted by atomic mass is 16.5. The van der Waals surface area contributed by atoms with Crippen molar-refractivity contribution in [2.45, 2.75) is 39.2 Å². The quantitative estimate of drug-likeness (QED) is 0.576. The molecule has 0 spiro atoms. The summed E-state index contributed by atoms with van der Waals surface area (Å²) < 4.78 is 5.26. The number of hydrogen-bond acceptors (Lipinski definition) is 4. The molecule has 1 atom stereocenters. The van der Waals surface area contributed by atoms with E-state index in [0.717, 1.165) is 28.6 Å². The number of ether oxygens (including phenoxy) is 1. The van der Waals surface area contributed by atoms with Gasteiger partial charge < -0.3 is 20.4 Å². The largest absolute Gasteiger partial charge is 0.497 e. The summed E-state index contributed by atoms with van der Waals surface area (Å²) in [5.41, 5.74) is 2.10. The fraction of sp³-hybridized carbons (Fsp3) is 0.474. The molecule has 2 rings (SSSR count). The SMILES string of the molecule is CCCC(NCC)C(=O)C(=O)NCCc1c[nH]c2ccc(OC)cc12. The molecule has 0 bridgehead atoms. The number of amides is 1. The minimum atomic E-state index is -0.517. The minimum absolute atomic E-state index is 0.385. The Kier molecular flexibility index (Phi) is 7.01. The number of benzene rings is 1. The molecule has 3 N–H and O–H groups in total. The second-order valence-electron chi connectivity index (χ2n) is 5.99. The first kappa shape index (κ1) is 19.0. The summed E-state index contributed by atoms with van der Waals surface area (Å²) in [4.78, 5) is 27.5. The van der Waals surface area contributed by atoms with Crippen LogP contribution in [0.1, 0.15) is 32.3 Å². The fourth-order valence-electron chi connectivity index (χ4n) is 2.91. The van der Waals surface area contributed by atoms with Crippen molar-refractivity contribution in [1.29, 1.82) is 0 Å². The molecule has 1 amide bonds. The number of H-pyrrole nitrogens is 1. The van der Waals surface area contributed by atoms with E-state index < -0.39 is 11.9 Å². The number of hydrogen-bond donors (Lipinski definition) is 3. The van der Waals surface area contributed by atoms with E-state index in [4.69, 9.17) is 4.74 Å². The molecule has 1 aromatic carbocycles. The smallest absolute Gasteiger partial charge is 0.289 e. The van der Waals surface area contributed by atoms with Crippen LogP contribution in [0.3, 0.4) is 0 Å². The Hall–Kier alpha value is -2.34. The first-order valence-corrected chi connectivity index (χ1v) is 8.80. The maximum absolute atomic E-state index is 12.2. The van der Waals surface area contributed by atoms with Crippen molar-refractivity contribution in [3.8, 4) is 5.75 Å². The predicted molar refractivity (Wildman–Crippen MR) is 98.9 cm³/mol. The summed E-state index contributed by atoms with van der Waals surface area (Å²) in [5.74, 6) is -0.110. The van der Waals surface area contributed by atoms with Crippen LogP contribution in [-0.2, 0) is 16.0 Å². The Morgan fingerprint density at radius 3 is 2.76 bits per heavy atom. The van der Waals surface area contributed by atoms with Crippen molar-refractivity contribution in [1.82, 2.24) is 15.6 Å². The van der Waals surface area contributed by atoms with E-state index in [9.17, 15) is 9.59 Å². The average Bonchev–Trinajstić information content (AvgIpc) is 3.03. The lowest BCUT2D eigenvalue weighted by molar-refractivity contribution is -0.139. The first-order valence-electron chi connectivity index (χ1n) is 8.80. The molecule has 6 heteroatoms. The molecule has 6 nitrogen and oxygen atoms in total. The average molecular weight is 345 g/mol. The molecule has 0 aliphatic rings. The summed E-state index contributed by atoms with van der Waals surface area (Å²) >= 11 is 0. The van der Waals surface area contributed by atoms with Crippen molar-refractivity contribution >= 4 is 22.6 Å². The Bertz CT molecular complexity index is 718. The van der Waals surface area contributed by atoms with Crippen LogP contribution in [0.2, 0.25) is 0 Å². The van der Waals surface area contributed by atoms with Gasteiger partial charge in [-0.1, -0.05) is 20.3 Å². The summed E-state index contributed by atoms with van der Waals surface area (Å²) in [6.07, 6.45) is 4.10. The molecular formula is C19H27N3O3. The number of methoxy groups -OCH3 is 1. The molecule has 136 valence electrons. The molecule has 0 aliphatic heterocycles. The van der Waals surface area contributed by atoms with E-state index in [2.05, 4.69) is 15.6 Å². The highest BCUT2D eigenvalue weighted by Crippen LogP contribution is 2.23. The van der Waals surface area contributed by atoms with Gasteiger partial charge in [-0.3, -0.25) is 9.59 Å². The Balaban J connectivity index is 1.93. The molecule has 1 unspecified atom stereocenters. The van der Waals surface area contributed by atoms with Gasteiger partial charge in [-0.15, -0.1) is 0 Å². The molecule has 0 aliphatic carbocycles. The van der Waals surface area contributed by atoms with E-state index >= 15 is 0 Å². The zero-order valence-electron chi connectivity index (χ0n) is 15.1. The number of likely N-dealkylation sites (N-methyl/N-ethyl adjacent to an activating group) is 1. The van der Waals surface area contributed by atoms with Crippen LogP contribution in [0.4, 0.5) is 0 Å². The maximum Gasteiger partial charge on any atom is 0.289 e. The molecule has 0 fully saturated rings. The minimum Gasteiger partial charge on any atom is -0.497 e. The van der Waals surface area contributed by atoms with Gasteiger partial charge in [-0.2, -0.15) is 0 Å². The van der Waals surface area contributed by atoms with Gasteiger partial charge in [-0.05, 0) is 43.1 Å². The number of ketones is 1. The number of fused-ring (bicyclic) bond motifs is 1. The van der Waals surface area contributed by atoms with E-state index in [1.807, 2.05) is 38.2 Å². The summed E-state index contributed by atoms with van der Waals surface area (Å²) in [7, 11) is 1.64. The molecule has 2 aromatic rings. The van der Waals surface area contributed by atoms with Crippen molar-refractivity contribution in [3.63, 3.8) is 0 Å². The van der Waals surface area contributed by atoms with Gasteiger partial charge in [0.05, 0.1) is 13.2 Å². The Morgan fingerprint density at radius 2 is 2.08 bits per heavy atom.